The van der Waals surface area contributed by atoms with Crippen LogP contribution in [0.15, 0.2) is 30.6 Å². The maximum absolute atomic E-state index is 13.6. The van der Waals surface area contributed by atoms with E-state index in [9.17, 15) is 8.78 Å². The smallest absolute Gasteiger partial charge is 0.149 e. The molecule has 0 spiro atoms. The van der Waals surface area contributed by atoms with Crippen molar-refractivity contribution in [2.24, 2.45) is 0 Å². The molecule has 19 heavy (non-hydrogen) atoms. The second kappa shape index (κ2) is 4.55. The lowest BCUT2D eigenvalue weighted by Gasteiger charge is -2.08. The van der Waals surface area contributed by atoms with Gasteiger partial charge >= 0.3 is 0 Å². The highest BCUT2D eigenvalue weighted by atomic mass is 32.1. The molecule has 0 amide bonds. The van der Waals surface area contributed by atoms with Crippen LogP contribution in [0.5, 0.6) is 0 Å². The van der Waals surface area contributed by atoms with Gasteiger partial charge in [0.1, 0.15) is 34.3 Å². The molecule has 96 valence electrons. The summed E-state index contributed by atoms with van der Waals surface area (Å²) in [6.45, 7) is 1.94. The molecular weight excluding hydrogens is 268 g/mol. The van der Waals surface area contributed by atoms with Gasteiger partial charge in [-0.3, -0.25) is 0 Å². The predicted molar refractivity (Wildman–Crippen MR) is 71.8 cm³/mol. The Morgan fingerprint density at radius 2 is 1.89 bits per heavy atom. The maximum atomic E-state index is 13.6. The number of nitrogens with zero attached hydrogens (tertiary/aromatic N) is 2. The molecule has 2 aromatic heterocycles. The van der Waals surface area contributed by atoms with Crippen LogP contribution in [0.4, 0.5) is 20.3 Å². The number of aryl methyl sites for hydroxylation is 1. The van der Waals surface area contributed by atoms with Crippen LogP contribution in [-0.2, 0) is 0 Å². The molecule has 3 aromatic rings. The summed E-state index contributed by atoms with van der Waals surface area (Å²) in [5.41, 5.74) is -0.202. The summed E-state index contributed by atoms with van der Waals surface area (Å²) in [5.74, 6) is -0.907. The van der Waals surface area contributed by atoms with Crippen LogP contribution >= 0.6 is 11.3 Å². The van der Waals surface area contributed by atoms with E-state index in [1.165, 1.54) is 35.9 Å². The van der Waals surface area contributed by atoms with Crippen LogP contribution in [0.25, 0.3) is 10.2 Å². The molecule has 1 N–H and O–H groups in total. The van der Waals surface area contributed by atoms with Gasteiger partial charge < -0.3 is 5.32 Å². The average Bonchev–Trinajstić information content (AvgIpc) is 2.75. The predicted octanol–water partition coefficient (Wildman–Crippen LogP) is 4.02. The molecule has 0 fully saturated rings. The van der Waals surface area contributed by atoms with Crippen molar-refractivity contribution in [3.63, 3.8) is 0 Å². The summed E-state index contributed by atoms with van der Waals surface area (Å²) in [6, 6.07) is 5.60. The van der Waals surface area contributed by atoms with E-state index in [0.717, 1.165) is 15.1 Å². The van der Waals surface area contributed by atoms with Crippen LogP contribution < -0.4 is 5.32 Å². The van der Waals surface area contributed by atoms with Gasteiger partial charge in [0.2, 0.25) is 0 Å². The Morgan fingerprint density at radius 1 is 1.16 bits per heavy atom. The molecule has 0 aliphatic rings. The normalized spacial score (nSPS) is 10.9. The Labute approximate surface area is 111 Å². The molecule has 0 atom stereocenters. The van der Waals surface area contributed by atoms with Crippen LogP contribution in [0.1, 0.15) is 4.88 Å². The van der Waals surface area contributed by atoms with Gasteiger partial charge in [-0.2, -0.15) is 0 Å². The van der Waals surface area contributed by atoms with Crippen LogP contribution in [0.3, 0.4) is 0 Å². The van der Waals surface area contributed by atoms with Gasteiger partial charge in [0.25, 0.3) is 0 Å². The highest BCUT2D eigenvalue weighted by Crippen LogP contribution is 2.30. The number of hydrogen-bond acceptors (Lipinski definition) is 4. The van der Waals surface area contributed by atoms with Crippen molar-refractivity contribution in [1.82, 2.24) is 9.97 Å². The van der Waals surface area contributed by atoms with Gasteiger partial charge in [-0.1, -0.05) is 6.07 Å². The Hall–Kier alpha value is -2.08. The molecule has 0 aliphatic carbocycles. The van der Waals surface area contributed by atoms with E-state index in [0.29, 0.717) is 5.82 Å². The van der Waals surface area contributed by atoms with Crippen LogP contribution in [0.2, 0.25) is 0 Å². The first-order valence-corrected chi connectivity index (χ1v) is 6.39. The van der Waals surface area contributed by atoms with E-state index in [2.05, 4.69) is 15.3 Å². The van der Waals surface area contributed by atoms with Gasteiger partial charge in [-0.25, -0.2) is 18.7 Å². The van der Waals surface area contributed by atoms with E-state index < -0.39 is 11.6 Å². The number of thiophene rings is 1. The zero-order valence-electron chi connectivity index (χ0n) is 9.95. The Bertz CT molecular complexity index is 734. The van der Waals surface area contributed by atoms with E-state index in [1.807, 2.05) is 13.0 Å². The molecule has 1 aromatic carbocycles. The molecule has 0 radical (unpaired) electrons. The highest BCUT2D eigenvalue weighted by molar-refractivity contribution is 7.18. The van der Waals surface area contributed by atoms with Gasteiger partial charge in [-0.15, -0.1) is 11.3 Å². The van der Waals surface area contributed by atoms with E-state index >= 15 is 0 Å². The molecule has 6 heteroatoms. The minimum Gasteiger partial charge on any atom is -0.335 e. The fourth-order valence-corrected chi connectivity index (χ4v) is 2.66. The molecule has 0 unspecified atom stereocenters. The first-order valence-electron chi connectivity index (χ1n) is 5.57. The number of benzene rings is 1. The molecule has 0 saturated heterocycles. The molecule has 0 saturated carbocycles. The quantitative estimate of drug-likeness (QED) is 0.768. The second-order valence-corrected chi connectivity index (χ2v) is 5.25. The topological polar surface area (TPSA) is 37.8 Å². The number of nitrogens with one attached hydrogen (secondary N) is 1. The molecular formula is C13H9F2N3S. The summed E-state index contributed by atoms with van der Waals surface area (Å²) in [4.78, 5) is 10.0. The minimum atomic E-state index is -0.654. The molecule has 2 heterocycles. The average molecular weight is 277 g/mol. The molecule has 3 rings (SSSR count). The van der Waals surface area contributed by atoms with Crippen LogP contribution in [0, 0.1) is 18.6 Å². The monoisotopic (exact) mass is 277 g/mol. The number of hydrogen-bond donors (Lipinski definition) is 1. The Kier molecular flexibility index (Phi) is 2.87. The van der Waals surface area contributed by atoms with Crippen molar-refractivity contribution in [2.45, 2.75) is 6.92 Å². The van der Waals surface area contributed by atoms with Crippen molar-refractivity contribution in [1.29, 1.82) is 0 Å². The molecule has 0 aliphatic heterocycles. The largest absolute Gasteiger partial charge is 0.335 e. The second-order valence-electron chi connectivity index (χ2n) is 4.02. The van der Waals surface area contributed by atoms with Crippen molar-refractivity contribution in [3.05, 3.63) is 47.1 Å². The number of halogens is 2. The first-order chi connectivity index (χ1) is 9.15. The summed E-state index contributed by atoms with van der Waals surface area (Å²) in [6.07, 6.45) is 1.37. The van der Waals surface area contributed by atoms with E-state index in [4.69, 9.17) is 0 Å². The number of fused-ring (bicyclic) bond motifs is 1. The minimum absolute atomic E-state index is 0.202. The summed E-state index contributed by atoms with van der Waals surface area (Å²) >= 11 is 1.51. The van der Waals surface area contributed by atoms with Gasteiger partial charge in [0, 0.05) is 4.88 Å². The van der Waals surface area contributed by atoms with Crippen molar-refractivity contribution in [3.8, 4) is 0 Å². The van der Waals surface area contributed by atoms with Gasteiger partial charge in [-0.05, 0) is 25.1 Å². The first kappa shape index (κ1) is 12.0. The van der Waals surface area contributed by atoms with Crippen molar-refractivity contribution >= 4 is 33.1 Å². The summed E-state index contributed by atoms with van der Waals surface area (Å²) < 4.78 is 27.2. The summed E-state index contributed by atoms with van der Waals surface area (Å²) in [7, 11) is 0. The number of rotatable bonds is 2. The lowest BCUT2D eigenvalue weighted by atomic mass is 10.2. The zero-order valence-corrected chi connectivity index (χ0v) is 10.8. The molecule has 3 nitrogen and oxygen atoms in total. The zero-order chi connectivity index (χ0) is 13.4. The Balaban J connectivity index is 2.11. The fourth-order valence-electron chi connectivity index (χ4n) is 1.81. The summed E-state index contributed by atoms with van der Waals surface area (Å²) in [5, 5.41) is 3.46. The number of para-hydroxylation sites is 1. The van der Waals surface area contributed by atoms with Crippen molar-refractivity contribution in [2.75, 3.05) is 5.32 Å². The lowest BCUT2D eigenvalue weighted by molar-refractivity contribution is 0.590. The standard InChI is InChI=1S/C13H9F2N3S/c1-7-5-8-12(16-6-17-13(8)19-7)18-11-9(14)3-2-4-10(11)15/h2-6H,1H3,(H,16,17,18). The Morgan fingerprint density at radius 3 is 2.63 bits per heavy atom. The van der Waals surface area contributed by atoms with Crippen molar-refractivity contribution < 1.29 is 8.78 Å². The third-order valence-corrected chi connectivity index (χ3v) is 3.62. The SMILES string of the molecule is Cc1cc2c(Nc3c(F)cccc3F)ncnc2s1. The van der Waals surface area contributed by atoms with Gasteiger partial charge in [0.15, 0.2) is 0 Å². The van der Waals surface area contributed by atoms with E-state index in [1.54, 1.807) is 0 Å². The fraction of sp³-hybridized carbons (Fsp3) is 0.0769. The lowest BCUT2D eigenvalue weighted by Crippen LogP contribution is -1.99. The van der Waals surface area contributed by atoms with E-state index in [-0.39, 0.29) is 5.69 Å². The molecule has 0 bridgehead atoms. The number of anilines is 2. The third-order valence-electron chi connectivity index (χ3n) is 2.66. The highest BCUT2D eigenvalue weighted by Gasteiger charge is 2.12. The van der Waals surface area contributed by atoms with Gasteiger partial charge in [0.05, 0.1) is 5.39 Å². The van der Waals surface area contributed by atoms with Crippen LogP contribution in [-0.4, -0.2) is 9.97 Å². The number of aromatic nitrogens is 2. The third kappa shape index (κ3) is 2.15. The maximum Gasteiger partial charge on any atom is 0.149 e.